The maximum absolute atomic E-state index is 11.7. The molecule has 0 radical (unpaired) electrons. The number of carbonyl (C=O) groups excluding carboxylic acids is 1. The minimum absolute atomic E-state index is 0.0122. The summed E-state index contributed by atoms with van der Waals surface area (Å²) in [6, 6.07) is 2.65. The van der Waals surface area contributed by atoms with Crippen LogP contribution >= 0.6 is 0 Å². The number of carbonyl (C=O) groups is 1. The second kappa shape index (κ2) is 6.90. The van der Waals surface area contributed by atoms with Crippen molar-refractivity contribution >= 4 is 11.7 Å². The summed E-state index contributed by atoms with van der Waals surface area (Å²) in [5.74, 6) is -0.261. The molecule has 0 saturated carbocycles. The number of aliphatic hydroxyl groups is 1. The van der Waals surface area contributed by atoms with Crippen LogP contribution in [-0.2, 0) is 16.0 Å². The summed E-state index contributed by atoms with van der Waals surface area (Å²) in [6.45, 7) is 3.25. The lowest BCUT2D eigenvalue weighted by atomic mass is 10.1. The Labute approximate surface area is 126 Å². The van der Waals surface area contributed by atoms with Crippen LogP contribution in [-0.4, -0.2) is 41.9 Å². The molecule has 1 unspecified atom stereocenters. The topological polar surface area (TPSA) is 108 Å². The van der Waals surface area contributed by atoms with Crippen LogP contribution in [0.2, 0.25) is 0 Å². The molecular weight excluding hydrogens is 294 g/mol. The predicted octanol–water partition coefficient (Wildman–Crippen LogP) is 0.999. The van der Waals surface area contributed by atoms with Gasteiger partial charge in [-0.2, -0.15) is 0 Å². The quantitative estimate of drug-likeness (QED) is 0.361. The number of hydrogen-bond acceptors (Lipinski definition) is 7. The Kier molecular flexibility index (Phi) is 4.95. The molecule has 8 nitrogen and oxygen atoms in total. The maximum Gasteiger partial charge on any atom is 0.310 e. The summed E-state index contributed by atoms with van der Waals surface area (Å²) < 4.78 is 15.7. The molecule has 0 aliphatic carbocycles. The Balaban J connectivity index is 2.37. The van der Waals surface area contributed by atoms with Crippen molar-refractivity contribution in [2.75, 3.05) is 19.8 Å². The van der Waals surface area contributed by atoms with Crippen LogP contribution < -0.4 is 9.47 Å². The van der Waals surface area contributed by atoms with Crippen molar-refractivity contribution in [3.8, 4) is 11.5 Å². The average Bonchev–Trinajstić information content (AvgIpc) is 2.52. The van der Waals surface area contributed by atoms with E-state index < -0.39 is 17.0 Å². The van der Waals surface area contributed by atoms with Gasteiger partial charge in [-0.05, 0) is 6.07 Å². The number of aliphatic hydroxyl groups excluding tert-OH is 1. The summed E-state index contributed by atoms with van der Waals surface area (Å²) in [7, 11) is 0. The number of fused-ring (bicyclic) bond motifs is 1. The second-order valence-corrected chi connectivity index (χ2v) is 4.53. The van der Waals surface area contributed by atoms with E-state index >= 15 is 0 Å². The molecule has 118 valence electrons. The third-order valence-electron chi connectivity index (χ3n) is 2.99. The van der Waals surface area contributed by atoms with E-state index in [0.717, 1.165) is 0 Å². The van der Waals surface area contributed by atoms with Crippen LogP contribution in [0.5, 0.6) is 11.5 Å². The average molecular weight is 309 g/mol. The van der Waals surface area contributed by atoms with Crippen molar-refractivity contribution in [1.29, 1.82) is 0 Å². The van der Waals surface area contributed by atoms with E-state index in [1.54, 1.807) is 0 Å². The standard InChI is InChI=1S/C14H15NO7/c1-2-5-20-13(17)6-10-11(15(18)19)3-4-12-14(10)22-9(7-16)8-21-12/h2-4,9,16H,1,5-8H2. The SMILES string of the molecule is C=CCOC(=O)Cc1c([N+](=O)[O-])ccc2c1OC(CO)CO2. The molecule has 1 aliphatic heterocycles. The normalized spacial score (nSPS) is 16.0. The first-order chi connectivity index (χ1) is 10.6. The van der Waals surface area contributed by atoms with Crippen molar-refractivity contribution < 1.29 is 29.0 Å². The number of rotatable bonds is 6. The molecule has 1 atom stereocenters. The Morgan fingerprint density at radius 3 is 3.00 bits per heavy atom. The zero-order valence-electron chi connectivity index (χ0n) is 11.7. The molecule has 1 N–H and O–H groups in total. The molecule has 1 aromatic rings. The molecule has 1 aromatic carbocycles. The maximum atomic E-state index is 11.7. The second-order valence-electron chi connectivity index (χ2n) is 4.53. The monoisotopic (exact) mass is 309 g/mol. The van der Waals surface area contributed by atoms with Crippen LogP contribution in [0.15, 0.2) is 24.8 Å². The smallest absolute Gasteiger partial charge is 0.310 e. The molecular formula is C14H15NO7. The number of nitro benzene ring substituents is 1. The number of esters is 1. The van der Waals surface area contributed by atoms with E-state index in [1.165, 1.54) is 18.2 Å². The summed E-state index contributed by atoms with van der Waals surface area (Å²) in [6.07, 6.45) is 0.417. The molecule has 0 amide bonds. The van der Waals surface area contributed by atoms with E-state index in [2.05, 4.69) is 6.58 Å². The van der Waals surface area contributed by atoms with E-state index in [9.17, 15) is 14.9 Å². The van der Waals surface area contributed by atoms with E-state index in [1.807, 2.05) is 0 Å². The highest BCUT2D eigenvalue weighted by molar-refractivity contribution is 5.77. The highest BCUT2D eigenvalue weighted by Gasteiger charge is 2.30. The zero-order valence-corrected chi connectivity index (χ0v) is 11.7. The van der Waals surface area contributed by atoms with Gasteiger partial charge in [0, 0.05) is 6.07 Å². The predicted molar refractivity (Wildman–Crippen MR) is 75.0 cm³/mol. The van der Waals surface area contributed by atoms with Gasteiger partial charge >= 0.3 is 5.97 Å². The number of benzene rings is 1. The third kappa shape index (κ3) is 3.34. The lowest BCUT2D eigenvalue weighted by Gasteiger charge is -2.26. The van der Waals surface area contributed by atoms with Gasteiger partial charge in [0.1, 0.15) is 13.2 Å². The van der Waals surface area contributed by atoms with Gasteiger partial charge in [-0.1, -0.05) is 12.7 Å². The van der Waals surface area contributed by atoms with Crippen LogP contribution in [0.1, 0.15) is 5.56 Å². The highest BCUT2D eigenvalue weighted by atomic mass is 16.6. The summed E-state index contributed by atoms with van der Waals surface area (Å²) in [4.78, 5) is 22.3. The third-order valence-corrected chi connectivity index (χ3v) is 2.99. The van der Waals surface area contributed by atoms with Crippen molar-refractivity contribution in [1.82, 2.24) is 0 Å². The van der Waals surface area contributed by atoms with Gasteiger partial charge in [0.15, 0.2) is 17.6 Å². The minimum Gasteiger partial charge on any atom is -0.486 e. The van der Waals surface area contributed by atoms with Gasteiger partial charge in [0.05, 0.1) is 23.5 Å². The van der Waals surface area contributed by atoms with Gasteiger partial charge < -0.3 is 19.3 Å². The molecule has 22 heavy (non-hydrogen) atoms. The zero-order chi connectivity index (χ0) is 16.1. The Bertz CT molecular complexity index is 599. The van der Waals surface area contributed by atoms with Crippen LogP contribution in [0.25, 0.3) is 0 Å². The number of hydrogen-bond donors (Lipinski definition) is 1. The summed E-state index contributed by atoms with van der Waals surface area (Å²) >= 11 is 0. The molecule has 1 aliphatic rings. The van der Waals surface area contributed by atoms with Crippen LogP contribution in [0, 0.1) is 10.1 Å². The van der Waals surface area contributed by atoms with E-state index in [-0.39, 0.29) is 43.2 Å². The van der Waals surface area contributed by atoms with Crippen molar-refractivity contribution in [2.45, 2.75) is 12.5 Å². The lowest BCUT2D eigenvalue weighted by molar-refractivity contribution is -0.385. The van der Waals surface area contributed by atoms with Crippen molar-refractivity contribution in [2.24, 2.45) is 0 Å². The lowest BCUT2D eigenvalue weighted by Crippen LogP contribution is -2.33. The van der Waals surface area contributed by atoms with Gasteiger partial charge in [-0.3, -0.25) is 14.9 Å². The Morgan fingerprint density at radius 2 is 2.36 bits per heavy atom. The highest BCUT2D eigenvalue weighted by Crippen LogP contribution is 2.40. The first-order valence-electron chi connectivity index (χ1n) is 6.54. The number of nitro groups is 1. The molecule has 8 heteroatoms. The first-order valence-corrected chi connectivity index (χ1v) is 6.54. The summed E-state index contributed by atoms with van der Waals surface area (Å²) in [5, 5.41) is 20.3. The molecule has 0 saturated heterocycles. The van der Waals surface area contributed by atoms with Gasteiger partial charge in [-0.15, -0.1) is 0 Å². The Hall–Kier alpha value is -2.61. The van der Waals surface area contributed by atoms with E-state index in [4.69, 9.17) is 19.3 Å². The number of ether oxygens (including phenoxy) is 3. The molecule has 0 aromatic heterocycles. The van der Waals surface area contributed by atoms with E-state index in [0.29, 0.717) is 5.75 Å². The molecule has 0 fully saturated rings. The van der Waals surface area contributed by atoms with Gasteiger partial charge in [-0.25, -0.2) is 0 Å². The first kappa shape index (κ1) is 15.8. The molecule has 0 bridgehead atoms. The fraction of sp³-hybridized carbons (Fsp3) is 0.357. The fourth-order valence-corrected chi connectivity index (χ4v) is 2.00. The van der Waals surface area contributed by atoms with Crippen molar-refractivity contribution in [3.05, 3.63) is 40.5 Å². The molecule has 0 spiro atoms. The van der Waals surface area contributed by atoms with Crippen molar-refractivity contribution in [3.63, 3.8) is 0 Å². The summed E-state index contributed by atoms with van der Waals surface area (Å²) in [5.41, 5.74) is -0.203. The molecule has 1 heterocycles. The molecule has 2 rings (SSSR count). The van der Waals surface area contributed by atoms with Crippen LogP contribution in [0.3, 0.4) is 0 Å². The van der Waals surface area contributed by atoms with Crippen LogP contribution in [0.4, 0.5) is 5.69 Å². The minimum atomic E-state index is -0.647. The van der Waals surface area contributed by atoms with Gasteiger partial charge in [0.25, 0.3) is 5.69 Å². The fourth-order valence-electron chi connectivity index (χ4n) is 2.00. The largest absolute Gasteiger partial charge is 0.486 e. The number of nitrogens with zero attached hydrogens (tertiary/aromatic N) is 1. The van der Waals surface area contributed by atoms with Gasteiger partial charge in [0.2, 0.25) is 0 Å². The Morgan fingerprint density at radius 1 is 1.59 bits per heavy atom.